The Kier molecular flexibility index (Phi) is 9.43. The lowest BCUT2D eigenvalue weighted by Gasteiger charge is -2.32. The minimum absolute atomic E-state index is 0. The van der Waals surface area contributed by atoms with E-state index in [2.05, 4.69) is 15.1 Å². The lowest BCUT2D eigenvalue weighted by molar-refractivity contribution is -0.130. The standard InChI is InChI=1S/C14H25N3O2S.2ClH/c18-14(9-12-11-20-8-2-15-12)17-3-1-13(10-17)16-4-6-19-7-5-16;;/h12-13,15H,1-11H2;2*1H. The van der Waals surface area contributed by atoms with Crippen LogP contribution in [0.2, 0.25) is 0 Å². The van der Waals surface area contributed by atoms with E-state index in [1.165, 1.54) is 5.75 Å². The number of carbonyl (C=O) groups excluding carboxylic acids is 1. The summed E-state index contributed by atoms with van der Waals surface area (Å²) in [5.74, 6) is 2.58. The van der Waals surface area contributed by atoms with Gasteiger partial charge >= 0.3 is 0 Å². The van der Waals surface area contributed by atoms with E-state index in [-0.39, 0.29) is 24.8 Å². The molecule has 0 bridgehead atoms. The molecule has 3 aliphatic heterocycles. The average Bonchev–Trinajstić information content (AvgIpc) is 2.99. The fourth-order valence-electron chi connectivity index (χ4n) is 3.30. The van der Waals surface area contributed by atoms with Gasteiger partial charge < -0.3 is 15.0 Å². The Bertz CT molecular complexity index is 340. The smallest absolute Gasteiger partial charge is 0.224 e. The zero-order valence-electron chi connectivity index (χ0n) is 12.9. The molecular weight excluding hydrogens is 345 g/mol. The number of rotatable bonds is 3. The Labute approximate surface area is 149 Å². The SMILES string of the molecule is Cl.Cl.O=C(CC1CSCCN1)N1CCC(N2CCOCC2)C1. The third kappa shape index (κ3) is 5.42. The highest BCUT2D eigenvalue weighted by Gasteiger charge is 2.31. The topological polar surface area (TPSA) is 44.8 Å². The molecule has 3 aliphatic rings. The number of halogens is 2. The van der Waals surface area contributed by atoms with Crippen molar-refractivity contribution in [1.29, 1.82) is 0 Å². The predicted octanol–water partition coefficient (Wildman–Crippen LogP) is 0.858. The van der Waals surface area contributed by atoms with Gasteiger partial charge in [-0.05, 0) is 6.42 Å². The number of amides is 1. The van der Waals surface area contributed by atoms with Gasteiger partial charge in [0.25, 0.3) is 0 Å². The summed E-state index contributed by atoms with van der Waals surface area (Å²) in [5.41, 5.74) is 0. The summed E-state index contributed by atoms with van der Waals surface area (Å²) in [4.78, 5) is 16.9. The fourth-order valence-corrected chi connectivity index (χ4v) is 4.25. The molecule has 5 nitrogen and oxygen atoms in total. The van der Waals surface area contributed by atoms with Crippen molar-refractivity contribution >= 4 is 42.5 Å². The first-order chi connectivity index (χ1) is 9.83. The summed E-state index contributed by atoms with van der Waals surface area (Å²) in [5, 5.41) is 3.45. The second kappa shape index (κ2) is 10.2. The van der Waals surface area contributed by atoms with Gasteiger partial charge in [-0.2, -0.15) is 11.8 Å². The Morgan fingerprint density at radius 1 is 1.23 bits per heavy atom. The van der Waals surface area contributed by atoms with Crippen LogP contribution in [0.5, 0.6) is 0 Å². The van der Waals surface area contributed by atoms with Gasteiger partial charge in [0.2, 0.25) is 5.91 Å². The van der Waals surface area contributed by atoms with E-state index in [0.717, 1.165) is 58.1 Å². The van der Waals surface area contributed by atoms with E-state index in [4.69, 9.17) is 4.74 Å². The van der Waals surface area contributed by atoms with Crippen LogP contribution in [-0.4, -0.2) is 85.2 Å². The summed E-state index contributed by atoms with van der Waals surface area (Å²) in [6.07, 6.45) is 1.79. The van der Waals surface area contributed by atoms with Gasteiger partial charge in [-0.25, -0.2) is 0 Å². The summed E-state index contributed by atoms with van der Waals surface area (Å²) in [6.45, 7) is 6.61. The summed E-state index contributed by atoms with van der Waals surface area (Å²) < 4.78 is 5.40. The van der Waals surface area contributed by atoms with Gasteiger partial charge in [-0.15, -0.1) is 24.8 Å². The summed E-state index contributed by atoms with van der Waals surface area (Å²) in [6, 6.07) is 0.931. The Balaban J connectivity index is 0.00000121. The van der Waals surface area contributed by atoms with Crippen LogP contribution in [0.1, 0.15) is 12.8 Å². The summed E-state index contributed by atoms with van der Waals surface area (Å²) >= 11 is 1.96. The monoisotopic (exact) mass is 371 g/mol. The largest absolute Gasteiger partial charge is 0.379 e. The van der Waals surface area contributed by atoms with Crippen LogP contribution >= 0.6 is 36.6 Å². The molecule has 3 heterocycles. The molecule has 0 saturated carbocycles. The zero-order valence-corrected chi connectivity index (χ0v) is 15.3. The highest BCUT2D eigenvalue weighted by molar-refractivity contribution is 7.99. The van der Waals surface area contributed by atoms with Crippen molar-refractivity contribution in [2.75, 3.05) is 57.4 Å². The first-order valence-electron chi connectivity index (χ1n) is 7.73. The van der Waals surface area contributed by atoms with Crippen molar-refractivity contribution in [3.63, 3.8) is 0 Å². The van der Waals surface area contributed by atoms with Gasteiger partial charge in [-0.1, -0.05) is 0 Å². The molecule has 0 aromatic heterocycles. The third-order valence-electron chi connectivity index (χ3n) is 4.50. The van der Waals surface area contributed by atoms with Crippen molar-refractivity contribution in [1.82, 2.24) is 15.1 Å². The van der Waals surface area contributed by atoms with Crippen LogP contribution in [0, 0.1) is 0 Å². The molecule has 1 N–H and O–H groups in total. The van der Waals surface area contributed by atoms with Crippen molar-refractivity contribution in [2.24, 2.45) is 0 Å². The molecule has 22 heavy (non-hydrogen) atoms. The number of thioether (sulfide) groups is 1. The maximum absolute atomic E-state index is 12.4. The van der Waals surface area contributed by atoms with Gasteiger partial charge in [-0.3, -0.25) is 9.69 Å². The van der Waals surface area contributed by atoms with Crippen LogP contribution in [0.4, 0.5) is 0 Å². The number of ether oxygens (including phenoxy) is 1. The molecule has 0 aromatic rings. The number of morpholine rings is 1. The van der Waals surface area contributed by atoms with Crippen molar-refractivity contribution < 1.29 is 9.53 Å². The second-order valence-electron chi connectivity index (χ2n) is 5.86. The molecule has 3 fully saturated rings. The Morgan fingerprint density at radius 2 is 2.00 bits per heavy atom. The van der Waals surface area contributed by atoms with Crippen molar-refractivity contribution in [2.45, 2.75) is 24.9 Å². The lowest BCUT2D eigenvalue weighted by Crippen LogP contribution is -2.46. The normalized spacial score (nSPS) is 29.5. The van der Waals surface area contributed by atoms with Crippen LogP contribution in [0.15, 0.2) is 0 Å². The van der Waals surface area contributed by atoms with Gasteiger partial charge in [0.15, 0.2) is 0 Å². The van der Waals surface area contributed by atoms with E-state index >= 15 is 0 Å². The minimum Gasteiger partial charge on any atom is -0.379 e. The number of nitrogens with zero attached hydrogens (tertiary/aromatic N) is 2. The number of nitrogens with one attached hydrogen (secondary N) is 1. The Hall–Kier alpha value is 0.280. The number of carbonyl (C=O) groups is 1. The van der Waals surface area contributed by atoms with E-state index in [1.54, 1.807) is 0 Å². The maximum atomic E-state index is 12.4. The predicted molar refractivity (Wildman–Crippen MR) is 95.6 cm³/mol. The van der Waals surface area contributed by atoms with E-state index in [0.29, 0.717) is 24.4 Å². The molecule has 8 heteroatoms. The van der Waals surface area contributed by atoms with Gasteiger partial charge in [0.1, 0.15) is 0 Å². The van der Waals surface area contributed by atoms with Crippen LogP contribution in [0.3, 0.4) is 0 Å². The van der Waals surface area contributed by atoms with E-state index in [1.807, 2.05) is 11.8 Å². The molecule has 2 atom stereocenters. The van der Waals surface area contributed by atoms with Crippen molar-refractivity contribution in [3.8, 4) is 0 Å². The first-order valence-corrected chi connectivity index (χ1v) is 8.89. The van der Waals surface area contributed by atoms with E-state index < -0.39 is 0 Å². The van der Waals surface area contributed by atoms with Crippen LogP contribution in [0.25, 0.3) is 0 Å². The first kappa shape index (κ1) is 20.3. The number of hydrogen-bond donors (Lipinski definition) is 1. The third-order valence-corrected chi connectivity index (χ3v) is 5.63. The van der Waals surface area contributed by atoms with Gasteiger partial charge in [0.05, 0.1) is 13.2 Å². The molecule has 3 saturated heterocycles. The second-order valence-corrected chi connectivity index (χ2v) is 7.01. The molecule has 0 spiro atoms. The molecule has 0 radical (unpaired) electrons. The molecule has 0 aliphatic carbocycles. The fraction of sp³-hybridized carbons (Fsp3) is 0.929. The zero-order chi connectivity index (χ0) is 13.8. The van der Waals surface area contributed by atoms with E-state index in [9.17, 15) is 4.79 Å². The lowest BCUT2D eigenvalue weighted by atomic mass is 10.2. The van der Waals surface area contributed by atoms with Crippen LogP contribution < -0.4 is 5.32 Å². The van der Waals surface area contributed by atoms with Crippen LogP contribution in [-0.2, 0) is 9.53 Å². The van der Waals surface area contributed by atoms with Crippen molar-refractivity contribution in [3.05, 3.63) is 0 Å². The quantitative estimate of drug-likeness (QED) is 0.796. The number of hydrogen-bond acceptors (Lipinski definition) is 5. The Morgan fingerprint density at radius 3 is 2.68 bits per heavy atom. The minimum atomic E-state index is 0. The molecule has 0 aromatic carbocycles. The van der Waals surface area contributed by atoms with Gasteiger partial charge in [0, 0.05) is 62.7 Å². The highest BCUT2D eigenvalue weighted by Crippen LogP contribution is 2.19. The summed E-state index contributed by atoms with van der Waals surface area (Å²) in [7, 11) is 0. The molecular formula is C14H27Cl2N3O2S. The highest BCUT2D eigenvalue weighted by atomic mass is 35.5. The average molecular weight is 372 g/mol. The molecule has 130 valence electrons. The molecule has 2 unspecified atom stereocenters. The molecule has 3 rings (SSSR count). The molecule has 1 amide bonds. The maximum Gasteiger partial charge on any atom is 0.224 e. The number of likely N-dealkylation sites (tertiary alicyclic amines) is 1.